The Bertz CT molecular complexity index is 807. The number of aryl methyl sites for hydroxylation is 3. The van der Waals surface area contributed by atoms with Crippen LogP contribution in [0.1, 0.15) is 16.7 Å². The van der Waals surface area contributed by atoms with Crippen molar-refractivity contribution in [3.05, 3.63) is 53.6 Å². The summed E-state index contributed by atoms with van der Waals surface area (Å²) in [5.74, 6) is 0. The van der Waals surface area contributed by atoms with Crippen LogP contribution in [0.5, 0.6) is 0 Å². The van der Waals surface area contributed by atoms with Crippen LogP contribution in [-0.4, -0.2) is 9.97 Å². The predicted molar refractivity (Wildman–Crippen MR) is 80.4 cm³/mol. The Balaban J connectivity index is 2.43. The van der Waals surface area contributed by atoms with Crippen molar-refractivity contribution in [2.45, 2.75) is 20.8 Å². The number of rotatable bonds is 1. The molecule has 0 saturated heterocycles. The molecule has 0 aliphatic carbocycles. The minimum absolute atomic E-state index is 0.930. The molecule has 100 valence electrons. The van der Waals surface area contributed by atoms with E-state index >= 15 is 0 Å². The van der Waals surface area contributed by atoms with E-state index < -0.39 is 0 Å². The molecule has 3 nitrogen and oxygen atoms in total. The first kappa shape index (κ1) is 12.7. The van der Waals surface area contributed by atoms with Gasteiger partial charge in [-0.3, -0.25) is 4.98 Å². The van der Waals surface area contributed by atoms with E-state index in [4.69, 9.17) is 0 Å². The second-order valence-electron chi connectivity index (χ2n) is 5.35. The highest BCUT2D eigenvalue weighted by molar-refractivity contribution is 5.90. The molecule has 0 spiro atoms. The molecule has 0 fully saturated rings. The second kappa shape index (κ2) is 4.67. The molecule has 0 saturated carbocycles. The maximum atomic E-state index is 4.44. The van der Waals surface area contributed by atoms with E-state index in [1.165, 1.54) is 27.9 Å². The fourth-order valence-electron chi connectivity index (χ4n) is 2.71. The van der Waals surface area contributed by atoms with Crippen LogP contribution in [0.25, 0.3) is 22.2 Å². The number of aromatic nitrogens is 3. The van der Waals surface area contributed by atoms with Crippen LogP contribution < -0.4 is 4.57 Å². The molecule has 0 aliphatic heterocycles. The summed E-state index contributed by atoms with van der Waals surface area (Å²) in [7, 11) is 2.04. The lowest BCUT2D eigenvalue weighted by Crippen LogP contribution is -2.32. The zero-order valence-electron chi connectivity index (χ0n) is 12.3. The molecule has 0 amide bonds. The molecule has 3 rings (SSSR count). The van der Waals surface area contributed by atoms with Crippen molar-refractivity contribution in [3.8, 4) is 11.3 Å². The summed E-state index contributed by atoms with van der Waals surface area (Å²) in [4.78, 5) is 8.60. The Hall–Kier alpha value is -2.29. The zero-order valence-corrected chi connectivity index (χ0v) is 12.3. The van der Waals surface area contributed by atoms with E-state index in [9.17, 15) is 0 Å². The maximum Gasteiger partial charge on any atom is 0.287 e. The van der Waals surface area contributed by atoms with Crippen molar-refractivity contribution in [2.75, 3.05) is 0 Å². The van der Waals surface area contributed by atoms with Crippen molar-refractivity contribution in [2.24, 2.45) is 7.05 Å². The average Bonchev–Trinajstić information content (AvgIpc) is 2.43. The van der Waals surface area contributed by atoms with Crippen molar-refractivity contribution in [3.63, 3.8) is 0 Å². The number of benzene rings is 1. The second-order valence-corrected chi connectivity index (χ2v) is 5.35. The number of pyridine rings is 1. The van der Waals surface area contributed by atoms with E-state index in [1.54, 1.807) is 0 Å². The zero-order chi connectivity index (χ0) is 14.3. The highest BCUT2D eigenvalue weighted by Gasteiger charge is 2.17. The van der Waals surface area contributed by atoms with Gasteiger partial charge in [0.15, 0.2) is 0 Å². The number of fused-ring (bicyclic) bond motifs is 1. The largest absolute Gasteiger partial charge is 0.287 e. The average molecular weight is 264 g/mol. The fourth-order valence-corrected chi connectivity index (χ4v) is 2.71. The first-order valence-corrected chi connectivity index (χ1v) is 6.74. The van der Waals surface area contributed by atoms with Gasteiger partial charge >= 0.3 is 0 Å². The molecule has 3 aromatic rings. The van der Waals surface area contributed by atoms with Crippen LogP contribution in [0.4, 0.5) is 0 Å². The Kier molecular flexibility index (Phi) is 2.97. The molecule has 2 aromatic heterocycles. The van der Waals surface area contributed by atoms with Crippen molar-refractivity contribution < 1.29 is 4.57 Å². The SMILES string of the molecule is Cc1cc(C)c(C)c(-c2c3ccncc3nc[n+]2C)c1. The van der Waals surface area contributed by atoms with Gasteiger partial charge in [-0.05, 0) is 49.0 Å². The van der Waals surface area contributed by atoms with Gasteiger partial charge in [0, 0.05) is 11.8 Å². The first-order valence-electron chi connectivity index (χ1n) is 6.74. The summed E-state index contributed by atoms with van der Waals surface area (Å²) in [5, 5.41) is 1.14. The topological polar surface area (TPSA) is 29.7 Å². The third-order valence-electron chi connectivity index (χ3n) is 3.84. The Morgan fingerprint density at radius 1 is 1.10 bits per heavy atom. The summed E-state index contributed by atoms with van der Waals surface area (Å²) in [5.41, 5.74) is 7.31. The lowest BCUT2D eigenvalue weighted by molar-refractivity contribution is -0.662. The van der Waals surface area contributed by atoms with Gasteiger partial charge < -0.3 is 0 Å². The normalized spacial score (nSPS) is 11.0. The molecular formula is C17H18N3+. The number of hydrogen-bond donors (Lipinski definition) is 0. The summed E-state index contributed by atoms with van der Waals surface area (Å²) in [6.07, 6.45) is 5.50. The smallest absolute Gasteiger partial charge is 0.260 e. The lowest BCUT2D eigenvalue weighted by atomic mass is 9.96. The molecule has 20 heavy (non-hydrogen) atoms. The van der Waals surface area contributed by atoms with Crippen LogP contribution in [-0.2, 0) is 7.05 Å². The van der Waals surface area contributed by atoms with Gasteiger partial charge in [-0.2, -0.15) is 0 Å². The van der Waals surface area contributed by atoms with Crippen LogP contribution in [0.15, 0.2) is 36.9 Å². The van der Waals surface area contributed by atoms with Crippen molar-refractivity contribution >= 4 is 10.9 Å². The molecule has 1 aromatic carbocycles. The van der Waals surface area contributed by atoms with E-state index in [0.29, 0.717) is 0 Å². The predicted octanol–water partition coefficient (Wildman–Crippen LogP) is 3.05. The van der Waals surface area contributed by atoms with Gasteiger partial charge in [0.1, 0.15) is 5.69 Å². The van der Waals surface area contributed by atoms with Gasteiger partial charge in [-0.15, -0.1) is 0 Å². The number of nitrogens with zero attached hydrogens (tertiary/aromatic N) is 3. The highest BCUT2D eigenvalue weighted by Crippen LogP contribution is 2.29. The van der Waals surface area contributed by atoms with Gasteiger partial charge in [0.25, 0.3) is 6.33 Å². The molecule has 2 heterocycles. The number of hydrogen-bond acceptors (Lipinski definition) is 2. The van der Waals surface area contributed by atoms with E-state index in [2.05, 4.69) is 47.4 Å². The van der Waals surface area contributed by atoms with Gasteiger partial charge in [-0.25, -0.2) is 4.57 Å². The standard InChI is InChI=1S/C17H18N3/c1-11-7-12(2)13(3)15(8-11)17-14-5-6-18-9-16(14)19-10-20(17)4/h5-10H,1-4H3/q+1. The highest BCUT2D eigenvalue weighted by atomic mass is 15.0. The fraction of sp³-hybridized carbons (Fsp3) is 0.235. The summed E-state index contributed by atoms with van der Waals surface area (Å²) in [6, 6.07) is 6.51. The van der Waals surface area contributed by atoms with Crippen LogP contribution >= 0.6 is 0 Å². The summed E-state index contributed by atoms with van der Waals surface area (Å²) >= 11 is 0. The molecule has 0 bridgehead atoms. The Labute approximate surface area is 118 Å². The molecule has 0 N–H and O–H groups in total. The Morgan fingerprint density at radius 2 is 1.90 bits per heavy atom. The van der Waals surface area contributed by atoms with Crippen molar-refractivity contribution in [1.29, 1.82) is 0 Å². The van der Waals surface area contributed by atoms with Gasteiger partial charge in [0.05, 0.1) is 18.6 Å². The summed E-state index contributed by atoms with van der Waals surface area (Å²) in [6.45, 7) is 6.48. The summed E-state index contributed by atoms with van der Waals surface area (Å²) < 4.78 is 2.09. The quantitative estimate of drug-likeness (QED) is 0.632. The van der Waals surface area contributed by atoms with E-state index in [1.807, 2.05) is 31.8 Å². The molecule has 3 heteroatoms. The molecule has 0 atom stereocenters. The molecule has 0 unspecified atom stereocenters. The van der Waals surface area contributed by atoms with Crippen LogP contribution in [0, 0.1) is 20.8 Å². The first-order chi connectivity index (χ1) is 9.58. The minimum Gasteiger partial charge on any atom is -0.260 e. The lowest BCUT2D eigenvalue weighted by Gasteiger charge is -2.12. The molecule has 0 radical (unpaired) electrons. The van der Waals surface area contributed by atoms with E-state index in [-0.39, 0.29) is 0 Å². The van der Waals surface area contributed by atoms with Gasteiger partial charge in [0.2, 0.25) is 5.52 Å². The van der Waals surface area contributed by atoms with Gasteiger partial charge in [-0.1, -0.05) is 11.6 Å². The third kappa shape index (κ3) is 1.95. The van der Waals surface area contributed by atoms with E-state index in [0.717, 1.165) is 10.9 Å². The third-order valence-corrected chi connectivity index (χ3v) is 3.84. The van der Waals surface area contributed by atoms with Crippen molar-refractivity contribution in [1.82, 2.24) is 9.97 Å². The molecule has 0 aliphatic rings. The molecular weight excluding hydrogens is 246 g/mol. The van der Waals surface area contributed by atoms with Crippen LogP contribution in [0.3, 0.4) is 0 Å². The minimum atomic E-state index is 0.930. The monoisotopic (exact) mass is 264 g/mol. The Morgan fingerprint density at radius 3 is 2.70 bits per heavy atom. The van der Waals surface area contributed by atoms with Crippen LogP contribution in [0.2, 0.25) is 0 Å². The maximum absolute atomic E-state index is 4.44.